The number of anilines is 1. The molecule has 0 radical (unpaired) electrons. The zero-order valence-corrected chi connectivity index (χ0v) is 12.7. The first-order chi connectivity index (χ1) is 9.13. The van der Waals surface area contributed by atoms with Crippen molar-refractivity contribution < 1.29 is 0 Å². The van der Waals surface area contributed by atoms with Gasteiger partial charge in [0.25, 0.3) is 0 Å². The maximum atomic E-state index is 4.48. The van der Waals surface area contributed by atoms with E-state index in [9.17, 15) is 0 Å². The fourth-order valence-electron chi connectivity index (χ4n) is 2.17. The second-order valence-electron chi connectivity index (χ2n) is 4.58. The van der Waals surface area contributed by atoms with Gasteiger partial charge in [-0.3, -0.25) is 0 Å². The highest BCUT2D eigenvalue weighted by molar-refractivity contribution is 7.18. The van der Waals surface area contributed by atoms with E-state index in [-0.39, 0.29) is 6.04 Å². The second-order valence-corrected chi connectivity index (χ2v) is 6.70. The smallest absolute Gasteiger partial charge is 0.0907 e. The number of nitrogens with one attached hydrogen (secondary N) is 1. The number of rotatable bonds is 3. The Morgan fingerprint density at radius 1 is 1.26 bits per heavy atom. The van der Waals surface area contributed by atoms with Crippen LogP contribution < -0.4 is 5.32 Å². The van der Waals surface area contributed by atoms with Crippen LogP contribution in [0.3, 0.4) is 0 Å². The van der Waals surface area contributed by atoms with Crippen molar-refractivity contribution in [3.8, 4) is 0 Å². The summed E-state index contributed by atoms with van der Waals surface area (Å²) >= 11 is 3.43. The van der Waals surface area contributed by atoms with Crippen molar-refractivity contribution in [2.24, 2.45) is 0 Å². The highest BCUT2D eigenvalue weighted by Crippen LogP contribution is 2.28. The Balaban J connectivity index is 1.86. The SMILES string of the molecule is Cc1nc2ccc(NC(C)c3scnc3C)cc2s1. The van der Waals surface area contributed by atoms with Crippen molar-refractivity contribution in [3.05, 3.63) is 39.3 Å². The summed E-state index contributed by atoms with van der Waals surface area (Å²) in [5.41, 5.74) is 5.23. The van der Waals surface area contributed by atoms with E-state index < -0.39 is 0 Å². The molecule has 0 spiro atoms. The molecule has 3 nitrogen and oxygen atoms in total. The minimum Gasteiger partial charge on any atom is -0.378 e. The maximum absolute atomic E-state index is 4.48. The van der Waals surface area contributed by atoms with Crippen LogP contribution in [0.15, 0.2) is 23.7 Å². The minimum atomic E-state index is 0.277. The van der Waals surface area contributed by atoms with E-state index in [2.05, 4.69) is 47.3 Å². The molecule has 5 heteroatoms. The van der Waals surface area contributed by atoms with Gasteiger partial charge in [0, 0.05) is 10.6 Å². The van der Waals surface area contributed by atoms with Gasteiger partial charge in [-0.05, 0) is 39.0 Å². The Kier molecular flexibility index (Phi) is 3.24. The molecule has 0 bridgehead atoms. The molecular formula is C14H15N3S2. The fraction of sp³-hybridized carbons (Fsp3) is 0.286. The average molecular weight is 289 g/mol. The summed E-state index contributed by atoms with van der Waals surface area (Å²) in [7, 11) is 0. The van der Waals surface area contributed by atoms with E-state index in [0.29, 0.717) is 0 Å². The fourth-order valence-corrected chi connectivity index (χ4v) is 3.85. The largest absolute Gasteiger partial charge is 0.378 e. The van der Waals surface area contributed by atoms with Crippen LogP contribution in [0.4, 0.5) is 5.69 Å². The van der Waals surface area contributed by atoms with E-state index in [4.69, 9.17) is 0 Å². The first-order valence-electron chi connectivity index (χ1n) is 6.17. The van der Waals surface area contributed by atoms with Gasteiger partial charge in [0.1, 0.15) is 0 Å². The quantitative estimate of drug-likeness (QED) is 0.769. The van der Waals surface area contributed by atoms with Crippen molar-refractivity contribution in [2.75, 3.05) is 5.32 Å². The number of fused-ring (bicyclic) bond motifs is 1. The Bertz CT molecular complexity index is 714. The van der Waals surface area contributed by atoms with E-state index in [0.717, 1.165) is 21.9 Å². The lowest BCUT2D eigenvalue weighted by Crippen LogP contribution is -2.06. The van der Waals surface area contributed by atoms with Crippen LogP contribution in [0.1, 0.15) is 28.5 Å². The van der Waals surface area contributed by atoms with Crippen LogP contribution in [0.2, 0.25) is 0 Å². The molecule has 1 unspecified atom stereocenters. The molecule has 19 heavy (non-hydrogen) atoms. The molecule has 0 saturated carbocycles. The van der Waals surface area contributed by atoms with E-state index in [1.54, 1.807) is 22.7 Å². The normalized spacial score (nSPS) is 12.8. The van der Waals surface area contributed by atoms with Crippen LogP contribution in [-0.4, -0.2) is 9.97 Å². The summed E-state index contributed by atoms with van der Waals surface area (Å²) in [5.74, 6) is 0. The van der Waals surface area contributed by atoms with E-state index >= 15 is 0 Å². The number of nitrogens with zero attached hydrogens (tertiary/aromatic N) is 2. The summed E-state index contributed by atoms with van der Waals surface area (Å²) in [6, 6.07) is 6.62. The molecule has 0 aliphatic carbocycles. The Hall–Kier alpha value is -1.46. The molecule has 98 valence electrons. The third kappa shape index (κ3) is 2.48. The third-order valence-corrected chi connectivity index (χ3v) is 5.10. The monoisotopic (exact) mass is 289 g/mol. The molecule has 2 aromatic heterocycles. The third-order valence-electron chi connectivity index (χ3n) is 3.05. The summed E-state index contributed by atoms with van der Waals surface area (Å²) in [4.78, 5) is 10.1. The van der Waals surface area contributed by atoms with Gasteiger partial charge < -0.3 is 5.32 Å². The first kappa shape index (κ1) is 12.6. The highest BCUT2D eigenvalue weighted by atomic mass is 32.1. The van der Waals surface area contributed by atoms with Gasteiger partial charge in [0.2, 0.25) is 0 Å². The molecule has 0 aliphatic rings. The molecule has 0 fully saturated rings. The topological polar surface area (TPSA) is 37.8 Å². The van der Waals surface area contributed by atoms with Crippen molar-refractivity contribution in [1.29, 1.82) is 0 Å². The molecule has 1 aromatic carbocycles. The zero-order chi connectivity index (χ0) is 13.4. The van der Waals surface area contributed by atoms with Gasteiger partial charge in [0.05, 0.1) is 32.5 Å². The summed E-state index contributed by atoms with van der Waals surface area (Å²) in [5, 5.41) is 4.65. The predicted octanol–water partition coefficient (Wildman–Crippen LogP) is 4.54. The Morgan fingerprint density at radius 2 is 2.11 bits per heavy atom. The van der Waals surface area contributed by atoms with Crippen LogP contribution in [0.5, 0.6) is 0 Å². The lowest BCUT2D eigenvalue weighted by Gasteiger charge is -2.14. The van der Waals surface area contributed by atoms with Gasteiger partial charge in [0.15, 0.2) is 0 Å². The van der Waals surface area contributed by atoms with Crippen LogP contribution in [-0.2, 0) is 0 Å². The summed E-state index contributed by atoms with van der Waals surface area (Å²) in [6.45, 7) is 6.27. The van der Waals surface area contributed by atoms with Gasteiger partial charge in [-0.15, -0.1) is 22.7 Å². The van der Waals surface area contributed by atoms with E-state index in [1.165, 1.54) is 9.58 Å². The van der Waals surface area contributed by atoms with E-state index in [1.807, 2.05) is 12.4 Å². The molecular weight excluding hydrogens is 274 g/mol. The van der Waals surface area contributed by atoms with Crippen LogP contribution >= 0.6 is 22.7 Å². The number of hydrogen-bond acceptors (Lipinski definition) is 5. The van der Waals surface area contributed by atoms with Crippen LogP contribution in [0, 0.1) is 13.8 Å². The molecule has 1 atom stereocenters. The van der Waals surface area contributed by atoms with Crippen molar-refractivity contribution in [3.63, 3.8) is 0 Å². The average Bonchev–Trinajstić information content (AvgIpc) is 2.93. The van der Waals surface area contributed by atoms with Crippen molar-refractivity contribution in [2.45, 2.75) is 26.8 Å². The molecule has 3 rings (SSSR count). The standard InChI is InChI=1S/C14H15N3S2/c1-8-14(18-7-15-8)9(2)16-11-4-5-12-13(6-11)19-10(3)17-12/h4-7,9,16H,1-3H3. The lowest BCUT2D eigenvalue weighted by atomic mass is 10.2. The van der Waals surface area contributed by atoms with Gasteiger partial charge in [-0.25, -0.2) is 9.97 Å². The number of aromatic nitrogens is 2. The van der Waals surface area contributed by atoms with Crippen molar-refractivity contribution in [1.82, 2.24) is 9.97 Å². The zero-order valence-electron chi connectivity index (χ0n) is 11.1. The van der Waals surface area contributed by atoms with Crippen molar-refractivity contribution >= 4 is 38.6 Å². The first-order valence-corrected chi connectivity index (χ1v) is 7.87. The second kappa shape index (κ2) is 4.90. The summed E-state index contributed by atoms with van der Waals surface area (Å²) < 4.78 is 1.23. The summed E-state index contributed by atoms with van der Waals surface area (Å²) in [6.07, 6.45) is 0. The van der Waals surface area contributed by atoms with Gasteiger partial charge >= 0.3 is 0 Å². The Labute approximate surface area is 120 Å². The number of thiazole rings is 2. The van der Waals surface area contributed by atoms with Gasteiger partial charge in [-0.2, -0.15) is 0 Å². The molecule has 0 saturated heterocycles. The molecule has 1 N–H and O–H groups in total. The Morgan fingerprint density at radius 3 is 2.84 bits per heavy atom. The molecule has 0 amide bonds. The minimum absolute atomic E-state index is 0.277. The lowest BCUT2D eigenvalue weighted by molar-refractivity contribution is 0.891. The van der Waals surface area contributed by atoms with Gasteiger partial charge in [-0.1, -0.05) is 0 Å². The highest BCUT2D eigenvalue weighted by Gasteiger charge is 2.11. The number of benzene rings is 1. The predicted molar refractivity (Wildman–Crippen MR) is 83.2 cm³/mol. The number of aryl methyl sites for hydroxylation is 2. The number of hydrogen-bond donors (Lipinski definition) is 1. The van der Waals surface area contributed by atoms with Crippen LogP contribution in [0.25, 0.3) is 10.2 Å². The molecule has 2 heterocycles. The molecule has 3 aromatic rings. The maximum Gasteiger partial charge on any atom is 0.0907 e. The molecule has 0 aliphatic heterocycles.